The lowest BCUT2D eigenvalue weighted by atomic mass is 9.94. The number of hydrogen-bond donors (Lipinski definition) is 3. The summed E-state index contributed by atoms with van der Waals surface area (Å²) in [5.41, 5.74) is -0.230. The SMILES string of the molecule is CC1CCCC(C)N1S(=O)(=O)N[C@@](C)(Cc1ccc(Nc2nccc3cnccc23)cc1)C(=O)O. The van der Waals surface area contributed by atoms with Crippen LogP contribution in [-0.4, -0.2) is 51.4 Å². The van der Waals surface area contributed by atoms with Crippen LogP contribution in [0.1, 0.15) is 45.6 Å². The molecule has 0 spiro atoms. The first-order valence-electron chi connectivity index (χ1n) is 11.7. The van der Waals surface area contributed by atoms with Gasteiger partial charge in [-0.3, -0.25) is 9.78 Å². The second-order valence-electron chi connectivity index (χ2n) is 9.46. The molecule has 1 aliphatic rings. The number of rotatable bonds is 8. The lowest BCUT2D eigenvalue weighted by Crippen LogP contribution is -2.60. The monoisotopic (exact) mass is 497 g/mol. The number of aliphatic carboxylic acids is 1. The van der Waals surface area contributed by atoms with Gasteiger partial charge in [0.15, 0.2) is 0 Å². The predicted octanol–water partition coefficient (Wildman–Crippen LogP) is 3.86. The summed E-state index contributed by atoms with van der Waals surface area (Å²) in [4.78, 5) is 20.7. The fourth-order valence-corrected chi connectivity index (χ4v) is 6.72. The molecule has 1 saturated heterocycles. The molecule has 3 N–H and O–H groups in total. The van der Waals surface area contributed by atoms with Crippen molar-refractivity contribution in [2.75, 3.05) is 5.32 Å². The number of aromatic nitrogens is 2. The third kappa shape index (κ3) is 5.44. The lowest BCUT2D eigenvalue weighted by molar-refractivity contribution is -0.143. The third-order valence-corrected chi connectivity index (χ3v) is 8.54. The van der Waals surface area contributed by atoms with Crippen LogP contribution >= 0.6 is 0 Å². The topological polar surface area (TPSA) is 125 Å². The second-order valence-corrected chi connectivity index (χ2v) is 11.0. The molecule has 0 radical (unpaired) electrons. The zero-order valence-electron chi connectivity index (χ0n) is 20.1. The molecule has 0 bridgehead atoms. The Balaban J connectivity index is 1.51. The number of fused-ring (bicyclic) bond motifs is 1. The second kappa shape index (κ2) is 9.88. The largest absolute Gasteiger partial charge is 0.480 e. The molecule has 1 aromatic carbocycles. The zero-order chi connectivity index (χ0) is 25.2. The molecule has 10 heteroatoms. The van der Waals surface area contributed by atoms with Gasteiger partial charge >= 0.3 is 5.97 Å². The van der Waals surface area contributed by atoms with E-state index < -0.39 is 21.7 Å². The van der Waals surface area contributed by atoms with Gasteiger partial charge in [-0.25, -0.2) is 4.98 Å². The molecule has 3 atom stereocenters. The van der Waals surface area contributed by atoms with Crippen molar-refractivity contribution in [2.24, 2.45) is 0 Å². The molecule has 0 saturated carbocycles. The van der Waals surface area contributed by atoms with E-state index in [0.717, 1.165) is 35.7 Å². The molecule has 3 heterocycles. The first-order chi connectivity index (χ1) is 16.6. The minimum Gasteiger partial charge on any atom is -0.480 e. The number of benzene rings is 1. The highest BCUT2D eigenvalue weighted by atomic mass is 32.2. The molecular formula is C25H31N5O4S. The number of carboxylic acids is 1. The number of nitrogens with zero attached hydrogens (tertiary/aromatic N) is 3. The summed E-state index contributed by atoms with van der Waals surface area (Å²) in [7, 11) is -4.00. The number of hydrogen-bond acceptors (Lipinski definition) is 6. The lowest BCUT2D eigenvalue weighted by Gasteiger charge is -2.39. The third-order valence-electron chi connectivity index (χ3n) is 6.56. The van der Waals surface area contributed by atoms with E-state index in [2.05, 4.69) is 20.0 Å². The Labute approximate surface area is 205 Å². The van der Waals surface area contributed by atoms with Crippen molar-refractivity contribution in [3.8, 4) is 0 Å². The van der Waals surface area contributed by atoms with Gasteiger partial charge in [0, 0.05) is 53.6 Å². The maximum Gasteiger partial charge on any atom is 0.324 e. The van der Waals surface area contributed by atoms with Crippen molar-refractivity contribution in [3.63, 3.8) is 0 Å². The van der Waals surface area contributed by atoms with Crippen LogP contribution in [0.2, 0.25) is 0 Å². The van der Waals surface area contributed by atoms with Gasteiger partial charge in [-0.05, 0) is 63.4 Å². The summed E-state index contributed by atoms with van der Waals surface area (Å²) in [5.74, 6) is -0.542. The molecule has 4 rings (SSSR count). The Bertz CT molecular complexity index is 1300. The van der Waals surface area contributed by atoms with Crippen LogP contribution in [0.4, 0.5) is 11.5 Å². The number of carbonyl (C=O) groups is 1. The Hall–Kier alpha value is -3.08. The van der Waals surface area contributed by atoms with Crippen LogP contribution in [0, 0.1) is 0 Å². The average molecular weight is 498 g/mol. The molecule has 1 fully saturated rings. The van der Waals surface area contributed by atoms with Crippen molar-refractivity contribution in [1.82, 2.24) is 19.0 Å². The maximum atomic E-state index is 13.2. The molecule has 2 aromatic heterocycles. The highest BCUT2D eigenvalue weighted by Gasteiger charge is 2.43. The van der Waals surface area contributed by atoms with E-state index in [0.29, 0.717) is 11.4 Å². The van der Waals surface area contributed by atoms with E-state index in [4.69, 9.17) is 0 Å². The summed E-state index contributed by atoms with van der Waals surface area (Å²) in [6.45, 7) is 5.13. The van der Waals surface area contributed by atoms with E-state index in [9.17, 15) is 18.3 Å². The minimum atomic E-state index is -4.00. The number of piperidine rings is 1. The van der Waals surface area contributed by atoms with E-state index in [-0.39, 0.29) is 18.5 Å². The molecular weight excluding hydrogens is 466 g/mol. The van der Waals surface area contributed by atoms with Gasteiger partial charge in [0.1, 0.15) is 11.4 Å². The zero-order valence-corrected chi connectivity index (χ0v) is 20.9. The van der Waals surface area contributed by atoms with Crippen LogP contribution in [0.15, 0.2) is 55.0 Å². The number of pyridine rings is 2. The smallest absolute Gasteiger partial charge is 0.324 e. The van der Waals surface area contributed by atoms with Gasteiger partial charge in [-0.15, -0.1) is 0 Å². The number of nitrogens with one attached hydrogen (secondary N) is 2. The first-order valence-corrected chi connectivity index (χ1v) is 13.1. The fourth-order valence-electron chi connectivity index (χ4n) is 4.73. The summed E-state index contributed by atoms with van der Waals surface area (Å²) in [6.07, 6.45) is 7.64. The van der Waals surface area contributed by atoms with Crippen LogP contribution in [0.5, 0.6) is 0 Å². The van der Waals surface area contributed by atoms with Crippen LogP contribution < -0.4 is 10.0 Å². The van der Waals surface area contributed by atoms with Crippen molar-refractivity contribution >= 4 is 38.5 Å². The molecule has 1 aliphatic heterocycles. The van der Waals surface area contributed by atoms with Gasteiger partial charge in [0.05, 0.1) is 0 Å². The quantitative estimate of drug-likeness (QED) is 0.432. The van der Waals surface area contributed by atoms with Crippen molar-refractivity contribution < 1.29 is 18.3 Å². The highest BCUT2D eigenvalue weighted by Crippen LogP contribution is 2.28. The van der Waals surface area contributed by atoms with Crippen LogP contribution in [-0.2, 0) is 21.4 Å². The van der Waals surface area contributed by atoms with Gasteiger partial charge in [-0.1, -0.05) is 18.6 Å². The Kier molecular flexibility index (Phi) is 7.07. The van der Waals surface area contributed by atoms with Crippen LogP contribution in [0.3, 0.4) is 0 Å². The Morgan fingerprint density at radius 2 is 1.80 bits per heavy atom. The first kappa shape index (κ1) is 25.0. The molecule has 186 valence electrons. The van der Waals surface area contributed by atoms with Crippen molar-refractivity contribution in [1.29, 1.82) is 0 Å². The molecule has 9 nitrogen and oxygen atoms in total. The standard InChI is InChI=1S/C25H31N5O4S/c1-17-5-4-6-18(2)30(17)35(33,34)29-25(3,24(31)32)15-19-7-9-21(10-8-19)28-23-22-12-13-26-16-20(22)11-14-27-23/h7-14,16-18,29H,4-6,15H2,1-3H3,(H,27,28)(H,31,32)/t17?,18?,25-/m0/s1. The molecule has 2 unspecified atom stereocenters. The molecule has 35 heavy (non-hydrogen) atoms. The minimum absolute atomic E-state index is 0.00334. The van der Waals surface area contributed by atoms with E-state index in [1.807, 2.05) is 38.1 Å². The predicted molar refractivity (Wildman–Crippen MR) is 136 cm³/mol. The summed E-state index contributed by atoms with van der Waals surface area (Å²) >= 11 is 0. The molecule has 3 aromatic rings. The van der Waals surface area contributed by atoms with E-state index in [1.165, 1.54) is 11.2 Å². The van der Waals surface area contributed by atoms with E-state index in [1.54, 1.807) is 30.7 Å². The highest BCUT2D eigenvalue weighted by molar-refractivity contribution is 7.87. The van der Waals surface area contributed by atoms with Gasteiger partial charge in [0.2, 0.25) is 0 Å². The normalized spacial score (nSPS) is 20.9. The number of anilines is 2. The van der Waals surface area contributed by atoms with Gasteiger partial charge in [-0.2, -0.15) is 17.4 Å². The molecule has 0 aliphatic carbocycles. The average Bonchev–Trinajstić information content (AvgIpc) is 2.80. The van der Waals surface area contributed by atoms with E-state index >= 15 is 0 Å². The summed E-state index contributed by atoms with van der Waals surface area (Å²) < 4.78 is 30.3. The van der Waals surface area contributed by atoms with Crippen molar-refractivity contribution in [2.45, 2.75) is 64.1 Å². The van der Waals surface area contributed by atoms with Crippen molar-refractivity contribution in [3.05, 3.63) is 60.6 Å². The Morgan fingerprint density at radius 3 is 2.46 bits per heavy atom. The maximum absolute atomic E-state index is 13.2. The molecule has 0 amide bonds. The van der Waals surface area contributed by atoms with Gasteiger partial charge < -0.3 is 10.4 Å². The number of carboxylic acid groups (broad SMARTS) is 1. The van der Waals surface area contributed by atoms with Gasteiger partial charge in [0.25, 0.3) is 10.2 Å². The van der Waals surface area contributed by atoms with Crippen LogP contribution in [0.25, 0.3) is 10.8 Å². The summed E-state index contributed by atoms with van der Waals surface area (Å²) in [6, 6.07) is 10.6. The summed E-state index contributed by atoms with van der Waals surface area (Å²) in [5, 5.41) is 15.1. The Morgan fingerprint density at radius 1 is 1.11 bits per heavy atom. The fraction of sp³-hybridized carbons (Fsp3) is 0.400.